The summed E-state index contributed by atoms with van der Waals surface area (Å²) in [6.07, 6.45) is 1.31. The fraction of sp³-hybridized carbons (Fsp3) is 0.750. The van der Waals surface area contributed by atoms with Crippen LogP contribution in [0.3, 0.4) is 0 Å². The highest BCUT2D eigenvalue weighted by Crippen LogP contribution is 2.65. The normalized spacial score (nSPS) is 28.9. The van der Waals surface area contributed by atoms with Crippen molar-refractivity contribution in [1.82, 2.24) is 20.9 Å². The quantitative estimate of drug-likeness (QED) is 0.479. The molecule has 35 heavy (non-hydrogen) atoms. The van der Waals surface area contributed by atoms with Crippen LogP contribution in [0.25, 0.3) is 0 Å². The van der Waals surface area contributed by atoms with Crippen LogP contribution in [-0.4, -0.2) is 65.9 Å². The van der Waals surface area contributed by atoms with Gasteiger partial charge in [0.05, 0.1) is 6.04 Å². The molecule has 3 aliphatic rings. The van der Waals surface area contributed by atoms with Gasteiger partial charge in [-0.25, -0.2) is 0 Å². The Morgan fingerprint density at radius 3 is 2.34 bits per heavy atom. The van der Waals surface area contributed by atoms with E-state index >= 15 is 0 Å². The molecule has 0 aromatic carbocycles. The number of fused-ring (bicyclic) bond motifs is 1. The van der Waals surface area contributed by atoms with E-state index in [9.17, 15) is 32.3 Å². The van der Waals surface area contributed by atoms with Crippen molar-refractivity contribution in [2.24, 2.45) is 28.6 Å². The summed E-state index contributed by atoms with van der Waals surface area (Å²) in [4.78, 5) is 51.8. The first-order valence-electron chi connectivity index (χ1n) is 11.7. The van der Waals surface area contributed by atoms with Crippen molar-refractivity contribution < 1.29 is 32.3 Å². The van der Waals surface area contributed by atoms with Crippen LogP contribution in [0.1, 0.15) is 47.5 Å². The second-order valence-electron chi connectivity index (χ2n) is 11.4. The topological polar surface area (TPSA) is 108 Å². The lowest BCUT2D eigenvalue weighted by Gasteiger charge is -2.38. The zero-order valence-corrected chi connectivity index (χ0v) is 20.6. The molecule has 0 aromatic heterocycles. The van der Waals surface area contributed by atoms with Crippen molar-refractivity contribution in [2.45, 2.75) is 71.8 Å². The monoisotopic (exact) mass is 498 g/mol. The van der Waals surface area contributed by atoms with Crippen molar-refractivity contribution in [2.75, 3.05) is 13.1 Å². The lowest BCUT2D eigenvalue weighted by Crippen LogP contribution is -2.61. The molecule has 1 aliphatic carbocycles. The van der Waals surface area contributed by atoms with Crippen LogP contribution in [0.5, 0.6) is 0 Å². The molecule has 0 radical (unpaired) electrons. The molecule has 194 valence electrons. The zero-order chi connectivity index (χ0) is 26.5. The Morgan fingerprint density at radius 1 is 1.23 bits per heavy atom. The van der Waals surface area contributed by atoms with Crippen LogP contribution in [0.15, 0.2) is 0 Å². The van der Waals surface area contributed by atoms with E-state index in [2.05, 4.69) is 16.6 Å². The highest BCUT2D eigenvalue weighted by atomic mass is 19.4. The summed E-state index contributed by atoms with van der Waals surface area (Å²) in [5.41, 5.74) is -1.28. The van der Waals surface area contributed by atoms with Gasteiger partial charge in [0, 0.05) is 19.0 Å². The van der Waals surface area contributed by atoms with E-state index in [0.29, 0.717) is 13.0 Å². The summed E-state index contributed by atoms with van der Waals surface area (Å²) in [6.45, 7) is 9.30. The van der Waals surface area contributed by atoms with Crippen molar-refractivity contribution in [1.29, 1.82) is 0 Å². The number of amides is 4. The van der Waals surface area contributed by atoms with E-state index in [4.69, 9.17) is 6.42 Å². The van der Waals surface area contributed by atoms with Crippen molar-refractivity contribution in [3.8, 4) is 12.3 Å². The first-order chi connectivity index (χ1) is 16.0. The Labute approximate surface area is 203 Å². The Balaban J connectivity index is 1.81. The van der Waals surface area contributed by atoms with Crippen molar-refractivity contribution in [3.05, 3.63) is 0 Å². The first kappa shape index (κ1) is 26.8. The second-order valence-corrected chi connectivity index (χ2v) is 11.4. The van der Waals surface area contributed by atoms with Gasteiger partial charge in [0.2, 0.25) is 17.7 Å². The second kappa shape index (κ2) is 9.03. The molecule has 3 fully saturated rings. The minimum Gasteiger partial charge on any atom is -0.356 e. The molecule has 1 unspecified atom stereocenters. The van der Waals surface area contributed by atoms with Gasteiger partial charge in [0.25, 0.3) is 0 Å². The summed E-state index contributed by atoms with van der Waals surface area (Å²) < 4.78 is 38.8. The average molecular weight is 499 g/mol. The van der Waals surface area contributed by atoms with Gasteiger partial charge in [-0.2, -0.15) is 13.2 Å². The summed E-state index contributed by atoms with van der Waals surface area (Å²) in [5, 5.41) is 7.31. The zero-order valence-electron chi connectivity index (χ0n) is 20.6. The molecule has 2 aliphatic heterocycles. The van der Waals surface area contributed by atoms with E-state index in [1.807, 2.05) is 19.2 Å². The third-order valence-corrected chi connectivity index (χ3v) is 7.61. The largest absolute Gasteiger partial charge is 0.471 e. The van der Waals surface area contributed by atoms with Crippen LogP contribution >= 0.6 is 0 Å². The molecule has 0 bridgehead atoms. The SMILES string of the molecule is C#CC(C[C@@H]1CCNC1=O)NC(=O)[C@@H]1[C@@H]2[C@H](CN1C(=O)[C@@H](NC(=O)C(F)(F)F)C(C)(C)C)C2(C)C. The molecule has 4 amide bonds. The molecule has 11 heteroatoms. The molecule has 3 rings (SSSR count). The fourth-order valence-corrected chi connectivity index (χ4v) is 5.42. The highest BCUT2D eigenvalue weighted by Gasteiger charge is 2.70. The summed E-state index contributed by atoms with van der Waals surface area (Å²) in [7, 11) is 0. The molecule has 3 N–H and O–H groups in total. The lowest BCUT2D eigenvalue weighted by molar-refractivity contribution is -0.176. The van der Waals surface area contributed by atoms with Gasteiger partial charge in [-0.15, -0.1) is 6.42 Å². The van der Waals surface area contributed by atoms with E-state index in [1.54, 1.807) is 20.8 Å². The molecule has 0 aromatic rings. The molecular weight excluding hydrogens is 465 g/mol. The van der Waals surface area contributed by atoms with Gasteiger partial charge in [-0.1, -0.05) is 40.5 Å². The number of nitrogens with one attached hydrogen (secondary N) is 3. The molecule has 0 spiro atoms. The fourth-order valence-electron chi connectivity index (χ4n) is 5.42. The number of terminal acetylenes is 1. The Morgan fingerprint density at radius 2 is 1.86 bits per heavy atom. The summed E-state index contributed by atoms with van der Waals surface area (Å²) in [6, 6.07) is -3.17. The lowest BCUT2D eigenvalue weighted by atomic mass is 9.85. The Hall–Kier alpha value is -2.77. The van der Waals surface area contributed by atoms with Gasteiger partial charge in [0.15, 0.2) is 0 Å². The maximum Gasteiger partial charge on any atom is 0.471 e. The van der Waals surface area contributed by atoms with Crippen molar-refractivity contribution >= 4 is 23.6 Å². The first-order valence-corrected chi connectivity index (χ1v) is 11.7. The maximum atomic E-state index is 13.5. The van der Waals surface area contributed by atoms with Gasteiger partial charge in [0.1, 0.15) is 12.1 Å². The standard InChI is InChI=1S/C24H33F3N4O4/c1-7-13(10-12-8-9-28-18(12)32)29-19(33)16-15-14(23(15,5)6)11-31(16)20(34)17(22(2,3)4)30-21(35)24(25,26)27/h1,12-17H,8-11H2,2-6H3,(H,28,32)(H,29,33)(H,30,35)/t12-,13?,14-,15-,16-,17+/m0/s1. The van der Waals surface area contributed by atoms with Gasteiger partial charge in [-0.05, 0) is 35.5 Å². The maximum absolute atomic E-state index is 13.5. The Bertz CT molecular complexity index is 950. The molecule has 6 atom stereocenters. The summed E-state index contributed by atoms with van der Waals surface area (Å²) in [5.74, 6) is -1.63. The van der Waals surface area contributed by atoms with Crippen molar-refractivity contribution in [3.63, 3.8) is 0 Å². The smallest absolute Gasteiger partial charge is 0.356 e. The number of likely N-dealkylation sites (tertiary alicyclic amines) is 1. The number of alkyl halides is 3. The van der Waals surface area contributed by atoms with Gasteiger partial charge < -0.3 is 20.9 Å². The number of hydrogen-bond acceptors (Lipinski definition) is 4. The number of carbonyl (C=O) groups is 4. The minimum atomic E-state index is -5.15. The predicted molar refractivity (Wildman–Crippen MR) is 120 cm³/mol. The highest BCUT2D eigenvalue weighted by molar-refractivity contribution is 5.95. The van der Waals surface area contributed by atoms with Gasteiger partial charge >= 0.3 is 12.1 Å². The average Bonchev–Trinajstić information content (AvgIpc) is 3.10. The molecule has 2 heterocycles. The molecule has 8 nitrogen and oxygen atoms in total. The van der Waals surface area contributed by atoms with E-state index < -0.39 is 47.4 Å². The van der Waals surface area contributed by atoms with E-state index in [-0.39, 0.29) is 42.0 Å². The molecular formula is C24H33F3N4O4. The van der Waals surface area contributed by atoms with Crippen LogP contribution in [-0.2, 0) is 19.2 Å². The molecule has 2 saturated heterocycles. The number of piperidine rings is 1. The number of rotatable bonds is 6. The van der Waals surface area contributed by atoms with E-state index in [1.165, 1.54) is 4.90 Å². The number of halogens is 3. The number of hydrogen-bond donors (Lipinski definition) is 3. The Kier molecular flexibility index (Phi) is 6.92. The third kappa shape index (κ3) is 5.26. The number of carbonyl (C=O) groups excluding carboxylic acids is 4. The van der Waals surface area contributed by atoms with Crippen LogP contribution in [0.2, 0.25) is 0 Å². The van der Waals surface area contributed by atoms with E-state index in [0.717, 1.165) is 0 Å². The third-order valence-electron chi connectivity index (χ3n) is 7.61. The van der Waals surface area contributed by atoms with Crippen LogP contribution in [0, 0.1) is 40.9 Å². The summed E-state index contributed by atoms with van der Waals surface area (Å²) >= 11 is 0. The van der Waals surface area contributed by atoms with Crippen LogP contribution in [0.4, 0.5) is 13.2 Å². The predicted octanol–water partition coefficient (Wildman–Crippen LogP) is 1.21. The number of nitrogens with zero attached hydrogens (tertiary/aromatic N) is 1. The molecule has 1 saturated carbocycles. The van der Waals surface area contributed by atoms with Crippen LogP contribution < -0.4 is 16.0 Å². The van der Waals surface area contributed by atoms with Gasteiger partial charge in [-0.3, -0.25) is 19.2 Å². The minimum absolute atomic E-state index is 0.00830.